The van der Waals surface area contributed by atoms with Crippen molar-refractivity contribution in [1.82, 2.24) is 17.8 Å². The third-order valence-corrected chi connectivity index (χ3v) is 2.19. The SMILES string of the molecule is CN(C)N(C)C.C[N](C)[Al][N](C)C.[AlH3].[H-].[Na+].[Na]. The van der Waals surface area contributed by atoms with E-state index in [9.17, 15) is 0 Å². The smallest absolute Gasteiger partial charge is 1.00 e. The summed E-state index contributed by atoms with van der Waals surface area (Å²) in [6.45, 7) is 0. The number of hydrogen-bond acceptors (Lipinski definition) is 4. The van der Waals surface area contributed by atoms with Crippen molar-refractivity contribution in [1.29, 1.82) is 0 Å². The van der Waals surface area contributed by atoms with Crippen LogP contribution in [0.4, 0.5) is 0 Å². The molecule has 0 aliphatic carbocycles. The van der Waals surface area contributed by atoms with E-state index >= 15 is 0 Å². The Kier molecular flexibility index (Phi) is 39.6. The molecule has 0 aromatic heterocycles. The maximum absolute atomic E-state index is 2.21. The normalized spacial score (nSPS) is 8.75. The van der Waals surface area contributed by atoms with Crippen LogP contribution in [0.25, 0.3) is 0 Å². The van der Waals surface area contributed by atoms with E-state index < -0.39 is 0 Å². The van der Waals surface area contributed by atoms with Crippen LogP contribution in [0.3, 0.4) is 0 Å². The molecule has 0 fully saturated rings. The zero-order valence-electron chi connectivity index (χ0n) is 13.4. The van der Waals surface area contributed by atoms with Crippen molar-refractivity contribution < 1.29 is 31.0 Å². The van der Waals surface area contributed by atoms with Crippen LogP contribution >= 0.6 is 0 Å². The van der Waals surface area contributed by atoms with Gasteiger partial charge in [-0.1, -0.05) is 0 Å². The maximum atomic E-state index is 2.21. The van der Waals surface area contributed by atoms with E-state index in [0.29, 0.717) is 15.7 Å². The van der Waals surface area contributed by atoms with E-state index in [2.05, 4.69) is 36.0 Å². The van der Waals surface area contributed by atoms with E-state index in [1.165, 1.54) is 0 Å². The Labute approximate surface area is 165 Å². The summed E-state index contributed by atoms with van der Waals surface area (Å²) in [4.78, 5) is 0. The summed E-state index contributed by atoms with van der Waals surface area (Å²) in [7, 11) is 16.4. The fourth-order valence-electron chi connectivity index (χ4n) is 0.462. The summed E-state index contributed by atoms with van der Waals surface area (Å²) in [6.07, 6.45) is 0. The van der Waals surface area contributed by atoms with Crippen molar-refractivity contribution in [2.45, 2.75) is 0 Å². The Bertz CT molecular complexity index is 110. The minimum absolute atomic E-state index is 0. The molecule has 0 unspecified atom stereocenters. The molecule has 0 rings (SSSR count). The molecule has 0 aromatic rings. The molecule has 0 N–H and O–H groups in total. The van der Waals surface area contributed by atoms with E-state index in [1.54, 1.807) is 0 Å². The van der Waals surface area contributed by atoms with Crippen LogP contribution in [0.15, 0.2) is 0 Å². The van der Waals surface area contributed by atoms with Crippen LogP contribution in [-0.4, -0.2) is 137 Å². The Hall–Kier alpha value is 2.90. The van der Waals surface area contributed by atoms with Gasteiger partial charge in [-0.05, 0) is 28.2 Å². The molecule has 0 aromatic carbocycles. The molecule has 0 bridgehead atoms. The summed E-state index contributed by atoms with van der Waals surface area (Å²) >= 11 is 0.380. The molecule has 0 aliphatic rings. The minimum atomic E-state index is 0. The molecule has 2 radical (unpaired) electrons. The average molecular weight is 280 g/mol. The molecule has 0 amide bonds. The second-order valence-electron chi connectivity index (χ2n) is 3.74. The van der Waals surface area contributed by atoms with Gasteiger partial charge in [0.15, 0.2) is 17.4 Å². The van der Waals surface area contributed by atoms with E-state index in [1.807, 2.05) is 38.2 Å². The van der Waals surface area contributed by atoms with Crippen LogP contribution in [0.5, 0.6) is 0 Å². The Balaban J connectivity index is -0.0000000290. The van der Waals surface area contributed by atoms with Crippen LogP contribution in [0, 0.1) is 0 Å². The van der Waals surface area contributed by atoms with Crippen molar-refractivity contribution >= 4 is 62.6 Å². The Morgan fingerprint density at radius 3 is 0.875 bits per heavy atom. The molecule has 0 saturated carbocycles. The number of nitrogens with zero attached hydrogens (tertiary/aromatic N) is 4. The van der Waals surface area contributed by atoms with Gasteiger partial charge in [-0.2, -0.15) is 0 Å². The first-order valence-electron chi connectivity index (χ1n) is 4.29. The Morgan fingerprint density at radius 1 is 0.688 bits per heavy atom. The van der Waals surface area contributed by atoms with Gasteiger partial charge >= 0.3 is 45.2 Å². The molecule has 4 nitrogen and oxygen atoms in total. The molecule has 16 heavy (non-hydrogen) atoms. The number of rotatable bonds is 3. The first-order chi connectivity index (χ1) is 5.77. The molecule has 0 spiro atoms. The van der Waals surface area contributed by atoms with Gasteiger partial charge in [0.1, 0.15) is 0 Å². The van der Waals surface area contributed by atoms with E-state index in [-0.39, 0.29) is 77.9 Å². The van der Waals surface area contributed by atoms with Gasteiger partial charge < -0.3 is 9.19 Å². The van der Waals surface area contributed by atoms with Crippen LogP contribution < -0.4 is 29.6 Å². The Morgan fingerprint density at radius 2 is 0.875 bits per heavy atom. The maximum Gasteiger partial charge on any atom is 1.00 e. The fraction of sp³-hybridized carbons (Fsp3) is 1.00. The predicted molar refractivity (Wildman–Crippen MR) is 77.3 cm³/mol. The topological polar surface area (TPSA) is 13.0 Å². The number of hydrogen-bond donors (Lipinski definition) is 0. The van der Waals surface area contributed by atoms with E-state index in [0.717, 1.165) is 0 Å². The molecule has 8 heteroatoms. The van der Waals surface area contributed by atoms with Crippen LogP contribution in [-0.2, 0) is 0 Å². The van der Waals surface area contributed by atoms with E-state index in [4.69, 9.17) is 0 Å². The third kappa shape index (κ3) is 36.0. The second-order valence-corrected chi connectivity index (χ2v) is 6.03. The van der Waals surface area contributed by atoms with Gasteiger partial charge in [0.05, 0.1) is 0 Å². The summed E-state index contributed by atoms with van der Waals surface area (Å²) < 4.78 is 4.42. The van der Waals surface area contributed by atoms with Gasteiger partial charge in [-0.3, -0.25) is 0 Å². The molecule has 0 atom stereocenters. The van der Waals surface area contributed by atoms with Gasteiger partial charge in [-0.15, -0.1) is 0 Å². The zero-order valence-corrected chi connectivity index (χ0v) is 17.5. The van der Waals surface area contributed by atoms with Crippen LogP contribution in [0.1, 0.15) is 1.43 Å². The molecule has 0 saturated heterocycles. The first-order valence-corrected chi connectivity index (χ1v) is 5.33. The molecular weight excluding hydrogens is 252 g/mol. The quantitative estimate of drug-likeness (QED) is 0.380. The average Bonchev–Trinajstić information content (AvgIpc) is 1.84. The van der Waals surface area contributed by atoms with Crippen molar-refractivity contribution in [2.24, 2.45) is 0 Å². The number of hydrazine groups is 1. The fourth-order valence-corrected chi connectivity index (χ4v) is 1.39. The molecule has 0 heterocycles. The van der Waals surface area contributed by atoms with Crippen molar-refractivity contribution in [3.8, 4) is 0 Å². The third-order valence-electron chi connectivity index (χ3n) is 1.26. The second kappa shape index (κ2) is 20.2. The van der Waals surface area contributed by atoms with Gasteiger partial charge in [0, 0.05) is 57.7 Å². The molecule has 0 aliphatic heterocycles. The van der Waals surface area contributed by atoms with Crippen molar-refractivity contribution in [2.75, 3.05) is 56.4 Å². The molecule has 88 valence electrons. The first kappa shape index (κ1) is 31.3. The summed E-state index contributed by atoms with van der Waals surface area (Å²) in [5, 5.41) is 4.00. The standard InChI is InChI=1S/C4H12N2.2C2H6N.2Al.2Na.4H/c1-5(2)6(3)4;2*1-3-2;;;;;;;;/h1-4H3;2*1-2H3;;;;;;;;/q;2*-1;;+2;;+1;;;;-1. The molecular formula is C8H28Al2N4Na2. The van der Waals surface area contributed by atoms with Gasteiger partial charge in [-0.25, -0.2) is 10.0 Å². The van der Waals surface area contributed by atoms with Crippen molar-refractivity contribution in [3.63, 3.8) is 0 Å². The summed E-state index contributed by atoms with van der Waals surface area (Å²) in [5.41, 5.74) is 0. The summed E-state index contributed by atoms with van der Waals surface area (Å²) in [6, 6.07) is 0. The zero-order chi connectivity index (χ0) is 11.0. The monoisotopic (exact) mass is 280 g/mol. The van der Waals surface area contributed by atoms with Gasteiger partial charge in [0.25, 0.3) is 0 Å². The minimum Gasteiger partial charge on any atom is -1.00 e. The van der Waals surface area contributed by atoms with Crippen LogP contribution in [0.2, 0.25) is 0 Å². The largest absolute Gasteiger partial charge is 1.00 e. The van der Waals surface area contributed by atoms with Crippen molar-refractivity contribution in [3.05, 3.63) is 0 Å². The van der Waals surface area contributed by atoms with Gasteiger partial charge in [0.2, 0.25) is 0 Å². The predicted octanol–water partition coefficient (Wildman–Crippen LogP) is -4.78. The summed E-state index contributed by atoms with van der Waals surface area (Å²) in [5.74, 6) is 0.